The van der Waals surface area contributed by atoms with E-state index in [1.54, 1.807) is 4.90 Å². The monoisotopic (exact) mass is 230 g/mol. The first-order valence-corrected chi connectivity index (χ1v) is 5.47. The fraction of sp³-hybridized carbons (Fsp3) is 0.429. The molecule has 1 heterocycles. The molecule has 17 heavy (non-hydrogen) atoms. The molecule has 0 spiro atoms. The quantitative estimate of drug-likeness (QED) is 0.732. The van der Waals surface area contributed by atoms with E-state index in [2.05, 4.69) is 6.07 Å². The Hall–Kier alpha value is -1.82. The lowest BCUT2D eigenvalue weighted by Gasteiger charge is -2.35. The maximum absolute atomic E-state index is 10.6. The van der Waals surface area contributed by atoms with Crippen LogP contribution in [-0.4, -0.2) is 24.4 Å². The highest BCUT2D eigenvalue weighted by atomic mass is 16.1. The van der Waals surface area contributed by atoms with Gasteiger partial charge in [-0.1, -0.05) is 37.8 Å². The highest BCUT2D eigenvalue weighted by molar-refractivity contribution is 5.48. The Balaban J connectivity index is 0.00000144. The largest absolute Gasteiger partial charge is 0.345 e. The lowest BCUT2D eigenvalue weighted by molar-refractivity contribution is -0.119. The summed E-state index contributed by atoms with van der Waals surface area (Å²) in [5.41, 5.74) is 0.670. The van der Waals surface area contributed by atoms with E-state index in [4.69, 9.17) is 0 Å². The van der Waals surface area contributed by atoms with E-state index >= 15 is 0 Å². The van der Waals surface area contributed by atoms with E-state index in [0.717, 1.165) is 24.8 Å². The molecule has 0 unspecified atom stereocenters. The van der Waals surface area contributed by atoms with Gasteiger partial charge in [0.15, 0.2) is 0 Å². The molecule has 1 aromatic rings. The molecule has 3 nitrogen and oxygen atoms in total. The molecular weight excluding hydrogens is 212 g/mol. The number of benzene rings is 1. The molecule has 0 bridgehead atoms. The van der Waals surface area contributed by atoms with Gasteiger partial charge in [0.1, 0.15) is 0 Å². The van der Waals surface area contributed by atoms with Crippen molar-refractivity contribution in [3.05, 3.63) is 35.9 Å². The summed E-state index contributed by atoms with van der Waals surface area (Å²) in [7, 11) is 0. The van der Waals surface area contributed by atoms with E-state index in [-0.39, 0.29) is 7.43 Å². The van der Waals surface area contributed by atoms with Gasteiger partial charge in [-0.3, -0.25) is 4.79 Å². The molecule has 0 aromatic heterocycles. The van der Waals surface area contributed by atoms with Gasteiger partial charge in [0.2, 0.25) is 6.41 Å². The highest BCUT2D eigenvalue weighted by Crippen LogP contribution is 2.34. The fourth-order valence-electron chi connectivity index (χ4n) is 2.23. The van der Waals surface area contributed by atoms with Crippen LogP contribution in [0.25, 0.3) is 0 Å². The van der Waals surface area contributed by atoms with Crippen molar-refractivity contribution in [1.29, 1.82) is 5.26 Å². The summed E-state index contributed by atoms with van der Waals surface area (Å²) in [6, 6.07) is 12.3. The van der Waals surface area contributed by atoms with Crippen molar-refractivity contribution in [2.75, 3.05) is 13.1 Å². The third-order valence-corrected chi connectivity index (χ3v) is 3.34. The molecule has 3 heteroatoms. The molecule has 0 radical (unpaired) electrons. The minimum atomic E-state index is -0.402. The number of hydrogen-bond acceptors (Lipinski definition) is 2. The second-order valence-electron chi connectivity index (χ2n) is 4.20. The number of piperidine rings is 1. The lowest BCUT2D eigenvalue weighted by Crippen LogP contribution is -2.41. The first-order chi connectivity index (χ1) is 7.80. The van der Waals surface area contributed by atoms with Crippen LogP contribution in [-0.2, 0) is 10.2 Å². The Morgan fingerprint density at radius 1 is 1.24 bits per heavy atom. The van der Waals surface area contributed by atoms with Gasteiger partial charge in [-0.05, 0) is 18.4 Å². The summed E-state index contributed by atoms with van der Waals surface area (Å²) in [5, 5.41) is 9.40. The second kappa shape index (κ2) is 5.49. The summed E-state index contributed by atoms with van der Waals surface area (Å²) < 4.78 is 0. The summed E-state index contributed by atoms with van der Waals surface area (Å²) in [5.74, 6) is 0. The average molecular weight is 230 g/mol. The zero-order chi connectivity index (χ0) is 11.4. The second-order valence-corrected chi connectivity index (χ2v) is 4.20. The van der Waals surface area contributed by atoms with Gasteiger partial charge in [0.05, 0.1) is 11.5 Å². The van der Waals surface area contributed by atoms with Gasteiger partial charge in [0, 0.05) is 13.1 Å². The number of nitrogens with zero attached hydrogens (tertiary/aromatic N) is 2. The van der Waals surface area contributed by atoms with E-state index in [1.165, 1.54) is 0 Å². The maximum atomic E-state index is 10.6. The van der Waals surface area contributed by atoms with Crippen LogP contribution in [0.4, 0.5) is 0 Å². The van der Waals surface area contributed by atoms with Crippen molar-refractivity contribution >= 4 is 6.41 Å². The van der Waals surface area contributed by atoms with E-state index in [0.29, 0.717) is 13.1 Å². The predicted octanol–water partition coefficient (Wildman–Crippen LogP) is 2.34. The normalized spacial score (nSPS) is 17.7. The molecular formula is C14H18N2O. The van der Waals surface area contributed by atoms with Crippen molar-refractivity contribution in [3.8, 4) is 6.07 Å². The van der Waals surface area contributed by atoms with Gasteiger partial charge < -0.3 is 4.90 Å². The Kier molecular flexibility index (Phi) is 4.28. The Labute approximate surface area is 103 Å². The molecule has 0 saturated carbocycles. The van der Waals surface area contributed by atoms with Gasteiger partial charge in [-0.2, -0.15) is 5.26 Å². The van der Waals surface area contributed by atoms with Gasteiger partial charge >= 0.3 is 0 Å². The summed E-state index contributed by atoms with van der Waals surface area (Å²) in [4.78, 5) is 12.4. The molecule has 0 aliphatic carbocycles. The van der Waals surface area contributed by atoms with Crippen LogP contribution in [0.15, 0.2) is 30.3 Å². The van der Waals surface area contributed by atoms with Crippen molar-refractivity contribution in [1.82, 2.24) is 4.90 Å². The number of nitriles is 1. The van der Waals surface area contributed by atoms with Crippen molar-refractivity contribution in [2.45, 2.75) is 25.7 Å². The number of amides is 1. The molecule has 1 aliphatic heterocycles. The summed E-state index contributed by atoms with van der Waals surface area (Å²) >= 11 is 0. The maximum Gasteiger partial charge on any atom is 0.209 e. The van der Waals surface area contributed by atoms with Crippen LogP contribution in [0.2, 0.25) is 0 Å². The van der Waals surface area contributed by atoms with Crippen molar-refractivity contribution in [2.24, 2.45) is 0 Å². The van der Waals surface area contributed by atoms with Gasteiger partial charge in [0.25, 0.3) is 0 Å². The molecule has 1 aromatic carbocycles. The van der Waals surface area contributed by atoms with E-state index < -0.39 is 5.41 Å². The van der Waals surface area contributed by atoms with Crippen molar-refractivity contribution in [3.63, 3.8) is 0 Å². The minimum Gasteiger partial charge on any atom is -0.345 e. The minimum absolute atomic E-state index is 0. The number of carbonyl (C=O) groups is 1. The average Bonchev–Trinajstić information content (AvgIpc) is 2.40. The van der Waals surface area contributed by atoms with Crippen LogP contribution in [0.3, 0.4) is 0 Å². The lowest BCUT2D eigenvalue weighted by atomic mass is 9.74. The summed E-state index contributed by atoms with van der Waals surface area (Å²) in [6.07, 6.45) is 2.32. The zero-order valence-electron chi connectivity index (χ0n) is 9.10. The first kappa shape index (κ1) is 13.2. The predicted molar refractivity (Wildman–Crippen MR) is 67.3 cm³/mol. The Morgan fingerprint density at radius 3 is 2.29 bits per heavy atom. The number of hydrogen-bond donors (Lipinski definition) is 0. The molecule has 1 fully saturated rings. The zero-order valence-corrected chi connectivity index (χ0v) is 9.10. The first-order valence-electron chi connectivity index (χ1n) is 5.47. The van der Waals surface area contributed by atoms with Crippen LogP contribution in [0.1, 0.15) is 25.8 Å². The molecule has 0 N–H and O–H groups in total. The topological polar surface area (TPSA) is 44.1 Å². The SMILES string of the molecule is C.N#CC1(c2ccccc2)CCN(C=O)CC1. The fourth-order valence-corrected chi connectivity index (χ4v) is 2.23. The molecule has 0 atom stereocenters. The molecule has 90 valence electrons. The molecule has 1 saturated heterocycles. The third kappa shape index (κ3) is 2.47. The van der Waals surface area contributed by atoms with E-state index in [1.807, 2.05) is 30.3 Å². The molecule has 2 rings (SSSR count). The number of likely N-dealkylation sites (tertiary alicyclic amines) is 1. The van der Waals surface area contributed by atoms with Crippen molar-refractivity contribution < 1.29 is 4.79 Å². The summed E-state index contributed by atoms with van der Waals surface area (Å²) in [6.45, 7) is 1.35. The Bertz CT molecular complexity index is 400. The molecule has 1 aliphatic rings. The van der Waals surface area contributed by atoms with Crippen LogP contribution in [0.5, 0.6) is 0 Å². The standard InChI is InChI=1S/C13H14N2O.CH4/c14-10-13(12-4-2-1-3-5-12)6-8-15(11-16)9-7-13;/h1-5,11H,6-9H2;1H4. The Morgan fingerprint density at radius 2 is 1.82 bits per heavy atom. The van der Waals surface area contributed by atoms with Gasteiger partial charge in [-0.15, -0.1) is 0 Å². The number of rotatable bonds is 2. The highest BCUT2D eigenvalue weighted by Gasteiger charge is 2.35. The third-order valence-electron chi connectivity index (χ3n) is 3.34. The van der Waals surface area contributed by atoms with E-state index in [9.17, 15) is 10.1 Å². The molecule has 1 amide bonds. The van der Waals surface area contributed by atoms with Crippen LogP contribution in [0, 0.1) is 11.3 Å². The van der Waals surface area contributed by atoms with Gasteiger partial charge in [-0.25, -0.2) is 0 Å². The number of carbonyl (C=O) groups excluding carboxylic acids is 1. The van der Waals surface area contributed by atoms with Crippen LogP contribution < -0.4 is 0 Å². The van der Waals surface area contributed by atoms with Crippen LogP contribution >= 0.6 is 0 Å². The smallest absolute Gasteiger partial charge is 0.209 e.